The van der Waals surface area contributed by atoms with Crippen LogP contribution in [0.1, 0.15) is 12.8 Å². The van der Waals surface area contributed by atoms with Gasteiger partial charge in [0.25, 0.3) is 6.01 Å². The van der Waals surface area contributed by atoms with Crippen molar-refractivity contribution in [3.05, 3.63) is 54.6 Å². The molecular weight excluding hydrogens is 428 g/mol. The van der Waals surface area contributed by atoms with Crippen molar-refractivity contribution in [1.29, 1.82) is 0 Å². The fraction of sp³-hybridized carbons (Fsp3) is 0.391. The molecule has 0 bridgehead atoms. The first-order valence-electron chi connectivity index (χ1n) is 11.0. The van der Waals surface area contributed by atoms with Crippen molar-refractivity contribution in [2.45, 2.75) is 17.7 Å². The number of carbonyl (C=O) groups is 1. The molecule has 2 aliphatic heterocycles. The zero-order valence-corrected chi connectivity index (χ0v) is 18.6. The molecule has 5 rings (SSSR count). The zero-order chi connectivity index (χ0) is 22.1. The molecule has 0 spiro atoms. The van der Waals surface area contributed by atoms with Crippen LogP contribution < -0.4 is 4.90 Å². The summed E-state index contributed by atoms with van der Waals surface area (Å²) in [6, 6.07) is 16.8. The van der Waals surface area contributed by atoms with Gasteiger partial charge in [-0.1, -0.05) is 30.3 Å². The maximum atomic E-state index is 13.1. The van der Waals surface area contributed by atoms with E-state index >= 15 is 0 Å². The summed E-state index contributed by atoms with van der Waals surface area (Å²) in [5.74, 6) is 0.0758. The van der Waals surface area contributed by atoms with E-state index in [9.17, 15) is 13.2 Å². The Labute approximate surface area is 187 Å². The summed E-state index contributed by atoms with van der Waals surface area (Å²) < 4.78 is 32.9. The molecule has 0 N–H and O–H groups in total. The Morgan fingerprint density at radius 2 is 1.53 bits per heavy atom. The van der Waals surface area contributed by atoms with Gasteiger partial charge in [-0.2, -0.15) is 9.29 Å². The van der Waals surface area contributed by atoms with Gasteiger partial charge in [0.05, 0.1) is 4.90 Å². The number of amides is 1. The monoisotopic (exact) mass is 454 g/mol. The van der Waals surface area contributed by atoms with Crippen molar-refractivity contribution in [2.24, 2.45) is 5.92 Å². The molecule has 0 radical (unpaired) electrons. The van der Waals surface area contributed by atoms with Crippen molar-refractivity contribution in [3.63, 3.8) is 0 Å². The number of piperazine rings is 1. The minimum atomic E-state index is -3.51. The molecule has 2 aromatic carbocycles. The van der Waals surface area contributed by atoms with E-state index in [1.807, 2.05) is 29.2 Å². The quantitative estimate of drug-likeness (QED) is 0.602. The molecule has 0 unspecified atom stereocenters. The number of para-hydroxylation sites is 2. The van der Waals surface area contributed by atoms with E-state index < -0.39 is 10.0 Å². The third kappa shape index (κ3) is 3.98. The standard InChI is InChI=1S/C23H26N4O4S/c28-22(25-14-16-27(17-15-25)32(29,30)19-6-2-1-3-7-19)18-10-12-26(13-11-18)23-24-20-8-4-5-9-21(20)31-23/h1-9,18H,10-17H2. The maximum Gasteiger partial charge on any atom is 0.298 e. The number of aromatic nitrogens is 1. The first kappa shape index (κ1) is 21.0. The van der Waals surface area contributed by atoms with E-state index in [0.717, 1.165) is 23.9 Å². The first-order chi connectivity index (χ1) is 15.5. The van der Waals surface area contributed by atoms with Gasteiger partial charge in [0.15, 0.2) is 5.58 Å². The van der Waals surface area contributed by atoms with Crippen molar-refractivity contribution in [2.75, 3.05) is 44.2 Å². The number of oxazole rings is 1. The predicted octanol–water partition coefficient (Wildman–Crippen LogP) is 2.58. The lowest BCUT2D eigenvalue weighted by atomic mass is 9.95. The number of anilines is 1. The van der Waals surface area contributed by atoms with Crippen LogP contribution in [0.25, 0.3) is 11.1 Å². The smallest absolute Gasteiger partial charge is 0.298 e. The number of nitrogens with zero attached hydrogens (tertiary/aromatic N) is 4. The topological polar surface area (TPSA) is 87.0 Å². The van der Waals surface area contributed by atoms with Crippen LogP contribution >= 0.6 is 0 Å². The second-order valence-electron chi connectivity index (χ2n) is 8.27. The second kappa shape index (κ2) is 8.55. The van der Waals surface area contributed by atoms with Crippen molar-refractivity contribution in [1.82, 2.24) is 14.2 Å². The van der Waals surface area contributed by atoms with Gasteiger partial charge in [-0.3, -0.25) is 4.79 Å². The van der Waals surface area contributed by atoms with Crippen LogP contribution in [-0.4, -0.2) is 67.8 Å². The Bertz CT molecular complexity index is 1160. The van der Waals surface area contributed by atoms with Crippen molar-refractivity contribution in [3.8, 4) is 0 Å². The Morgan fingerprint density at radius 3 is 2.22 bits per heavy atom. The van der Waals surface area contributed by atoms with E-state index in [4.69, 9.17) is 4.42 Å². The number of sulfonamides is 1. The Kier molecular flexibility index (Phi) is 5.60. The first-order valence-corrected chi connectivity index (χ1v) is 12.4. The number of hydrogen-bond donors (Lipinski definition) is 0. The number of rotatable bonds is 4. The van der Waals surface area contributed by atoms with Gasteiger partial charge in [-0.25, -0.2) is 8.42 Å². The zero-order valence-electron chi connectivity index (χ0n) is 17.8. The highest BCUT2D eigenvalue weighted by molar-refractivity contribution is 7.89. The van der Waals surface area contributed by atoms with Crippen LogP contribution in [0.2, 0.25) is 0 Å². The highest BCUT2D eigenvalue weighted by atomic mass is 32.2. The van der Waals surface area contributed by atoms with Crippen molar-refractivity contribution < 1.29 is 17.6 Å². The molecule has 9 heteroatoms. The fourth-order valence-corrected chi connectivity index (χ4v) is 5.90. The average molecular weight is 455 g/mol. The molecule has 8 nitrogen and oxygen atoms in total. The highest BCUT2D eigenvalue weighted by Crippen LogP contribution is 2.27. The number of hydrogen-bond acceptors (Lipinski definition) is 6. The molecule has 1 aromatic heterocycles. The fourth-order valence-electron chi connectivity index (χ4n) is 4.46. The predicted molar refractivity (Wildman–Crippen MR) is 121 cm³/mol. The van der Waals surface area contributed by atoms with Gasteiger partial charge in [0, 0.05) is 45.2 Å². The lowest BCUT2D eigenvalue weighted by Gasteiger charge is -2.37. The van der Waals surface area contributed by atoms with Gasteiger partial charge in [0.2, 0.25) is 15.9 Å². The van der Waals surface area contributed by atoms with Crippen LogP contribution in [0, 0.1) is 5.92 Å². The summed E-state index contributed by atoms with van der Waals surface area (Å²) in [4.78, 5) is 21.8. The summed E-state index contributed by atoms with van der Waals surface area (Å²) in [5, 5.41) is 0. The molecule has 3 heterocycles. The molecule has 32 heavy (non-hydrogen) atoms. The molecule has 2 fully saturated rings. The number of piperidine rings is 1. The second-order valence-corrected chi connectivity index (χ2v) is 10.2. The molecule has 0 aliphatic carbocycles. The number of carbonyl (C=O) groups excluding carboxylic acids is 1. The molecule has 1 amide bonds. The normalized spacial score (nSPS) is 18.9. The van der Waals surface area contributed by atoms with E-state index in [1.54, 1.807) is 30.3 Å². The summed E-state index contributed by atoms with van der Waals surface area (Å²) in [7, 11) is -3.51. The summed E-state index contributed by atoms with van der Waals surface area (Å²) in [5.41, 5.74) is 1.60. The van der Waals surface area contributed by atoms with Gasteiger partial charge >= 0.3 is 0 Å². The lowest BCUT2D eigenvalue weighted by Crippen LogP contribution is -2.52. The highest BCUT2D eigenvalue weighted by Gasteiger charge is 2.34. The van der Waals surface area contributed by atoms with Gasteiger partial charge < -0.3 is 14.2 Å². The maximum absolute atomic E-state index is 13.1. The van der Waals surface area contributed by atoms with Gasteiger partial charge in [-0.15, -0.1) is 0 Å². The summed E-state index contributed by atoms with van der Waals surface area (Å²) >= 11 is 0. The van der Waals surface area contributed by atoms with Crippen LogP contribution in [-0.2, 0) is 14.8 Å². The summed E-state index contributed by atoms with van der Waals surface area (Å²) in [6.45, 7) is 2.93. The Morgan fingerprint density at radius 1 is 0.875 bits per heavy atom. The number of fused-ring (bicyclic) bond motifs is 1. The summed E-state index contributed by atoms with van der Waals surface area (Å²) in [6.07, 6.45) is 1.47. The van der Waals surface area contributed by atoms with E-state index in [0.29, 0.717) is 50.2 Å². The van der Waals surface area contributed by atoms with Crippen molar-refractivity contribution >= 4 is 33.0 Å². The Balaban J connectivity index is 1.16. The average Bonchev–Trinajstić information content (AvgIpc) is 3.29. The van der Waals surface area contributed by atoms with Gasteiger partial charge in [-0.05, 0) is 37.1 Å². The molecule has 2 aliphatic rings. The molecule has 168 valence electrons. The van der Waals surface area contributed by atoms with Crippen LogP contribution in [0.4, 0.5) is 6.01 Å². The van der Waals surface area contributed by atoms with E-state index in [-0.39, 0.29) is 11.8 Å². The SMILES string of the molecule is O=C(C1CCN(c2nc3ccccc3o2)CC1)N1CCN(S(=O)(=O)c2ccccc2)CC1. The van der Waals surface area contributed by atoms with Crippen LogP contribution in [0.5, 0.6) is 0 Å². The molecule has 0 atom stereocenters. The largest absolute Gasteiger partial charge is 0.423 e. The molecule has 3 aromatic rings. The van der Waals surface area contributed by atoms with E-state index in [2.05, 4.69) is 9.88 Å². The minimum absolute atomic E-state index is 0.0482. The molecule has 2 saturated heterocycles. The molecular formula is C23H26N4O4S. The van der Waals surface area contributed by atoms with E-state index in [1.165, 1.54) is 4.31 Å². The Hall–Kier alpha value is -2.91. The van der Waals surface area contributed by atoms with Crippen LogP contribution in [0.3, 0.4) is 0 Å². The van der Waals surface area contributed by atoms with Crippen LogP contribution in [0.15, 0.2) is 63.9 Å². The third-order valence-corrected chi connectivity index (χ3v) is 8.24. The lowest BCUT2D eigenvalue weighted by molar-refractivity contribution is -0.137. The molecule has 0 saturated carbocycles. The minimum Gasteiger partial charge on any atom is -0.423 e. The van der Waals surface area contributed by atoms with Gasteiger partial charge in [0.1, 0.15) is 5.52 Å². The number of benzene rings is 2. The third-order valence-electron chi connectivity index (χ3n) is 6.33.